The number of hydrogen-bond acceptors (Lipinski definition) is 6. The minimum absolute atomic E-state index is 0.132. The maximum atomic E-state index is 14.3. The Labute approximate surface area is 230 Å². The lowest BCUT2D eigenvalue weighted by molar-refractivity contribution is 0.212. The fourth-order valence-corrected chi connectivity index (χ4v) is 5.64. The number of rotatable bonds is 10. The number of phenolic OH excluding ortho intramolecular Hbond substituents is 1. The van der Waals surface area contributed by atoms with Crippen LogP contribution in [0.1, 0.15) is 87.1 Å². The summed E-state index contributed by atoms with van der Waals surface area (Å²) in [5.41, 5.74) is 3.10. The van der Waals surface area contributed by atoms with E-state index in [-0.39, 0.29) is 17.2 Å². The Hall–Kier alpha value is -2.85. The second-order valence-corrected chi connectivity index (χ2v) is 11.3. The SMILES string of the molecule is C#C.CCC1(COc2nc(CF)c(C=NCc3cc(O)cc(Cl)c3C3CC3)c(N3CCCC(C)C3)n2)CC1. The Morgan fingerprint density at radius 3 is 2.66 bits per heavy atom. The van der Waals surface area contributed by atoms with Crippen LogP contribution in [0.15, 0.2) is 17.1 Å². The van der Waals surface area contributed by atoms with Crippen molar-refractivity contribution in [3.63, 3.8) is 0 Å². The van der Waals surface area contributed by atoms with Crippen LogP contribution in [0.5, 0.6) is 11.8 Å². The van der Waals surface area contributed by atoms with E-state index in [4.69, 9.17) is 21.3 Å². The summed E-state index contributed by atoms with van der Waals surface area (Å²) in [6.07, 6.45) is 17.5. The van der Waals surface area contributed by atoms with Gasteiger partial charge in [-0.15, -0.1) is 12.8 Å². The van der Waals surface area contributed by atoms with E-state index in [0.29, 0.717) is 47.1 Å². The van der Waals surface area contributed by atoms with Crippen molar-refractivity contribution >= 4 is 23.6 Å². The quantitative estimate of drug-likeness (QED) is 0.263. The van der Waals surface area contributed by atoms with Crippen molar-refractivity contribution in [2.75, 3.05) is 24.6 Å². The maximum absolute atomic E-state index is 14.3. The van der Waals surface area contributed by atoms with E-state index < -0.39 is 6.67 Å². The molecule has 3 fully saturated rings. The molecule has 1 aromatic heterocycles. The first-order chi connectivity index (χ1) is 18.4. The second-order valence-electron chi connectivity index (χ2n) is 10.9. The number of piperidine rings is 1. The number of phenols is 1. The summed E-state index contributed by atoms with van der Waals surface area (Å²) < 4.78 is 20.3. The monoisotopic (exact) mass is 540 g/mol. The van der Waals surface area contributed by atoms with E-state index >= 15 is 0 Å². The molecule has 2 saturated carbocycles. The van der Waals surface area contributed by atoms with Crippen molar-refractivity contribution in [3.8, 4) is 24.6 Å². The molecule has 1 aliphatic heterocycles. The van der Waals surface area contributed by atoms with Gasteiger partial charge in [0.2, 0.25) is 0 Å². The molecule has 1 unspecified atom stereocenters. The fourth-order valence-electron chi connectivity index (χ4n) is 5.25. The van der Waals surface area contributed by atoms with E-state index in [9.17, 15) is 9.50 Å². The third kappa shape index (κ3) is 6.58. The van der Waals surface area contributed by atoms with Gasteiger partial charge in [-0.3, -0.25) is 4.99 Å². The van der Waals surface area contributed by atoms with Crippen LogP contribution in [-0.2, 0) is 13.2 Å². The largest absolute Gasteiger partial charge is 0.508 e. The van der Waals surface area contributed by atoms with Crippen LogP contribution >= 0.6 is 11.6 Å². The summed E-state index contributed by atoms with van der Waals surface area (Å²) in [6.45, 7) is 6.33. The average molecular weight is 541 g/mol. The van der Waals surface area contributed by atoms with Gasteiger partial charge in [0, 0.05) is 29.7 Å². The van der Waals surface area contributed by atoms with Crippen molar-refractivity contribution in [2.24, 2.45) is 16.3 Å². The van der Waals surface area contributed by atoms with Gasteiger partial charge in [-0.2, -0.15) is 9.97 Å². The fraction of sp³-hybridized carbons (Fsp3) is 0.567. The number of hydrogen-bond donors (Lipinski definition) is 1. The third-order valence-corrected chi connectivity index (χ3v) is 8.26. The molecule has 1 N–H and O–H groups in total. The molecular weight excluding hydrogens is 503 g/mol. The standard InChI is InChI=1S/C28H36ClFN4O2.C2H2/c1-3-28(8-9-28)17-36-27-32-24(13-30)22(26(33-27)34-10-4-5-18(2)16-34)15-31-14-20-11-21(35)12-23(29)25(20)19-6-7-19;1-2/h11-12,15,18-19,35H,3-10,13-14,16-17H2,1-2H3;1-2H. The zero-order valence-electron chi connectivity index (χ0n) is 22.4. The van der Waals surface area contributed by atoms with Gasteiger partial charge in [-0.1, -0.05) is 25.4 Å². The number of terminal acetylenes is 1. The molecule has 0 radical (unpaired) electrons. The summed E-state index contributed by atoms with van der Waals surface area (Å²) in [6, 6.07) is 3.58. The van der Waals surface area contributed by atoms with Gasteiger partial charge in [0.1, 0.15) is 18.2 Å². The van der Waals surface area contributed by atoms with Crippen LogP contribution in [0.2, 0.25) is 5.02 Å². The number of anilines is 1. The summed E-state index contributed by atoms with van der Waals surface area (Å²) in [5, 5.41) is 10.7. The molecule has 0 spiro atoms. The lowest BCUT2D eigenvalue weighted by atomic mass is 10.00. The minimum atomic E-state index is -0.721. The highest BCUT2D eigenvalue weighted by molar-refractivity contribution is 6.31. The lowest BCUT2D eigenvalue weighted by Crippen LogP contribution is -2.36. The number of benzene rings is 1. The second kappa shape index (κ2) is 12.3. The van der Waals surface area contributed by atoms with Crippen LogP contribution in [0.3, 0.4) is 0 Å². The molecule has 2 aliphatic carbocycles. The number of alkyl halides is 1. The molecule has 3 aliphatic rings. The number of nitrogens with zero attached hydrogens (tertiary/aromatic N) is 4. The molecule has 0 amide bonds. The molecule has 2 aromatic rings. The molecule has 8 heteroatoms. The first kappa shape index (κ1) is 28.2. The maximum Gasteiger partial charge on any atom is 0.318 e. The average Bonchev–Trinajstić information content (AvgIpc) is 3.85. The molecule has 38 heavy (non-hydrogen) atoms. The Morgan fingerprint density at radius 2 is 2.03 bits per heavy atom. The highest BCUT2D eigenvalue weighted by Gasteiger charge is 2.42. The van der Waals surface area contributed by atoms with Gasteiger partial charge in [-0.05, 0) is 80.0 Å². The Bertz CT molecular complexity index is 1180. The number of halogens is 2. The normalized spacial score (nSPS) is 20.2. The van der Waals surface area contributed by atoms with Gasteiger partial charge in [0.05, 0.1) is 24.4 Å². The van der Waals surface area contributed by atoms with E-state index in [1.165, 1.54) is 6.42 Å². The predicted octanol–water partition coefficient (Wildman–Crippen LogP) is 6.86. The van der Waals surface area contributed by atoms with E-state index in [2.05, 4.69) is 41.6 Å². The summed E-state index contributed by atoms with van der Waals surface area (Å²) in [4.78, 5) is 16.1. The molecule has 6 nitrogen and oxygen atoms in total. The molecule has 2 heterocycles. The van der Waals surface area contributed by atoms with Crippen molar-refractivity contribution in [1.29, 1.82) is 0 Å². The minimum Gasteiger partial charge on any atom is -0.508 e. The molecule has 1 saturated heterocycles. The summed E-state index contributed by atoms with van der Waals surface area (Å²) in [7, 11) is 0. The molecule has 5 rings (SSSR count). The Kier molecular flexibility index (Phi) is 9.15. The summed E-state index contributed by atoms with van der Waals surface area (Å²) >= 11 is 6.45. The topological polar surface area (TPSA) is 70.8 Å². The van der Waals surface area contributed by atoms with Gasteiger partial charge < -0.3 is 14.7 Å². The highest BCUT2D eigenvalue weighted by atomic mass is 35.5. The number of aliphatic imine (C=N–C) groups is 1. The lowest BCUT2D eigenvalue weighted by Gasteiger charge is -2.33. The highest BCUT2D eigenvalue weighted by Crippen LogP contribution is 2.49. The number of aromatic nitrogens is 2. The third-order valence-electron chi connectivity index (χ3n) is 7.95. The zero-order chi connectivity index (χ0) is 27.3. The van der Waals surface area contributed by atoms with Gasteiger partial charge in [0.25, 0.3) is 0 Å². The first-order valence-electron chi connectivity index (χ1n) is 13.6. The number of ether oxygens (including phenoxy) is 1. The van der Waals surface area contributed by atoms with E-state index in [0.717, 1.165) is 62.7 Å². The molecular formula is C30H38ClFN4O2. The van der Waals surface area contributed by atoms with Crippen molar-refractivity contribution < 1.29 is 14.2 Å². The predicted molar refractivity (Wildman–Crippen MR) is 151 cm³/mol. The Balaban J connectivity index is 0.00000164. The van der Waals surface area contributed by atoms with Crippen LogP contribution in [-0.4, -0.2) is 41.0 Å². The Morgan fingerprint density at radius 1 is 1.26 bits per heavy atom. The van der Waals surface area contributed by atoms with Crippen molar-refractivity contribution in [2.45, 2.75) is 77.9 Å². The molecule has 1 atom stereocenters. The van der Waals surface area contributed by atoms with Crippen molar-refractivity contribution in [3.05, 3.63) is 39.5 Å². The van der Waals surface area contributed by atoms with E-state index in [1.807, 2.05) is 0 Å². The van der Waals surface area contributed by atoms with Crippen molar-refractivity contribution in [1.82, 2.24) is 9.97 Å². The molecule has 1 aromatic carbocycles. The molecule has 0 bridgehead atoms. The van der Waals surface area contributed by atoms with Crippen LogP contribution in [0.4, 0.5) is 10.2 Å². The van der Waals surface area contributed by atoms with Crippen LogP contribution in [0, 0.1) is 24.2 Å². The van der Waals surface area contributed by atoms with Gasteiger partial charge in [-0.25, -0.2) is 4.39 Å². The van der Waals surface area contributed by atoms with Gasteiger partial charge >= 0.3 is 6.01 Å². The van der Waals surface area contributed by atoms with Gasteiger partial charge in [0.15, 0.2) is 0 Å². The zero-order valence-corrected chi connectivity index (χ0v) is 23.2. The molecule has 204 valence electrons. The first-order valence-corrected chi connectivity index (χ1v) is 14.0. The van der Waals surface area contributed by atoms with E-state index in [1.54, 1.807) is 18.3 Å². The van der Waals surface area contributed by atoms with Crippen LogP contribution in [0.25, 0.3) is 0 Å². The number of aromatic hydroxyl groups is 1. The van der Waals surface area contributed by atoms with Crippen LogP contribution < -0.4 is 9.64 Å². The summed E-state index contributed by atoms with van der Waals surface area (Å²) in [5.74, 6) is 1.78. The smallest absolute Gasteiger partial charge is 0.318 e.